The van der Waals surface area contributed by atoms with Crippen LogP contribution in [0.5, 0.6) is 0 Å². The van der Waals surface area contributed by atoms with E-state index in [1.165, 1.54) is 14.0 Å². The van der Waals surface area contributed by atoms with Crippen LogP contribution in [0.15, 0.2) is 0 Å². The van der Waals surface area contributed by atoms with Gasteiger partial charge in [-0.1, -0.05) is 11.4 Å². The van der Waals surface area contributed by atoms with Gasteiger partial charge in [0.1, 0.15) is 5.78 Å². The summed E-state index contributed by atoms with van der Waals surface area (Å²) in [4.78, 5) is 10.5. The van der Waals surface area contributed by atoms with E-state index in [2.05, 4.69) is 5.09 Å². The molecule has 0 rings (SSSR count). The summed E-state index contributed by atoms with van der Waals surface area (Å²) in [6.45, 7) is -1.28. The Kier molecular flexibility index (Phi) is 5.01. The Morgan fingerprint density at radius 2 is 2.27 bits per heavy atom. The summed E-state index contributed by atoms with van der Waals surface area (Å²) in [5.41, 5.74) is 0. The third-order valence-electron chi connectivity index (χ3n) is 1.00. The fourth-order valence-electron chi connectivity index (χ4n) is 0.412. The van der Waals surface area contributed by atoms with Gasteiger partial charge < -0.3 is 4.52 Å². The van der Waals surface area contributed by atoms with Crippen molar-refractivity contribution in [1.29, 1.82) is 0 Å². The van der Waals surface area contributed by atoms with E-state index in [4.69, 9.17) is 4.52 Å². The number of rotatable bonds is 5. The molecular weight excluding hydrogens is 185 g/mol. The van der Waals surface area contributed by atoms with E-state index in [1.807, 2.05) is 0 Å². The van der Waals surface area contributed by atoms with Crippen LogP contribution < -0.4 is 5.09 Å². The molecule has 66 valence electrons. The molecule has 0 aromatic carbocycles. The summed E-state index contributed by atoms with van der Waals surface area (Å²) in [5.74, 6) is -0.0590. The molecule has 1 N–H and O–H groups in total. The number of hydrogen-bond donors (Lipinski definition) is 1. The molecule has 0 spiro atoms. The molecule has 0 heterocycles. The number of carbonyl (C=O) groups is 1. The van der Waals surface area contributed by atoms with Crippen LogP contribution in [-0.4, -0.2) is 25.7 Å². The first kappa shape index (κ1) is 11.2. The van der Waals surface area contributed by atoms with Crippen LogP contribution in [0.25, 0.3) is 0 Å². The molecule has 0 aliphatic rings. The van der Waals surface area contributed by atoms with Gasteiger partial charge in [0.2, 0.25) is 0 Å². The zero-order valence-electron chi connectivity index (χ0n) is 6.79. The quantitative estimate of drug-likeness (QED) is 0.673. The SMILES string of the molecule is COP(=O)(NCC(C)=O)SC. The Balaban J connectivity index is 3.89. The lowest BCUT2D eigenvalue weighted by molar-refractivity contribution is -0.115. The lowest BCUT2D eigenvalue weighted by atomic mass is 10.5. The van der Waals surface area contributed by atoms with Crippen molar-refractivity contribution in [2.24, 2.45) is 0 Å². The van der Waals surface area contributed by atoms with Crippen LogP contribution in [0.4, 0.5) is 0 Å². The average Bonchev–Trinajstić information content (AvgIpc) is 2.00. The third-order valence-corrected chi connectivity index (χ3v) is 4.79. The number of hydrogen-bond acceptors (Lipinski definition) is 4. The molecule has 4 nitrogen and oxygen atoms in total. The Bertz CT molecular complexity index is 177. The van der Waals surface area contributed by atoms with Gasteiger partial charge in [-0.15, -0.1) is 0 Å². The van der Waals surface area contributed by atoms with E-state index < -0.39 is 6.72 Å². The molecular formula is C5H12NO3PS. The fourth-order valence-corrected chi connectivity index (χ4v) is 2.26. The molecule has 6 heteroatoms. The van der Waals surface area contributed by atoms with Crippen LogP contribution in [-0.2, 0) is 13.9 Å². The molecule has 1 atom stereocenters. The number of ketones is 1. The van der Waals surface area contributed by atoms with E-state index >= 15 is 0 Å². The minimum atomic E-state index is -2.79. The second-order valence-corrected chi connectivity index (χ2v) is 6.48. The van der Waals surface area contributed by atoms with E-state index in [1.54, 1.807) is 6.26 Å². The van der Waals surface area contributed by atoms with Gasteiger partial charge in [-0.3, -0.25) is 9.36 Å². The number of nitrogens with one attached hydrogen (secondary N) is 1. The van der Waals surface area contributed by atoms with Crippen molar-refractivity contribution in [2.75, 3.05) is 19.9 Å². The van der Waals surface area contributed by atoms with Crippen molar-refractivity contribution in [3.05, 3.63) is 0 Å². The van der Waals surface area contributed by atoms with E-state index in [0.29, 0.717) is 0 Å². The van der Waals surface area contributed by atoms with Crippen molar-refractivity contribution in [2.45, 2.75) is 6.92 Å². The number of Topliss-reactive ketones (excluding diaryl/α,β-unsaturated/α-hetero) is 1. The molecule has 0 aromatic rings. The van der Waals surface area contributed by atoms with Gasteiger partial charge in [0.05, 0.1) is 6.54 Å². The monoisotopic (exact) mass is 197 g/mol. The predicted molar refractivity (Wildman–Crippen MR) is 46.8 cm³/mol. The second kappa shape index (κ2) is 4.93. The maximum Gasteiger partial charge on any atom is 0.326 e. The van der Waals surface area contributed by atoms with Crippen molar-refractivity contribution in [3.63, 3.8) is 0 Å². The fraction of sp³-hybridized carbons (Fsp3) is 0.800. The first-order valence-electron chi connectivity index (χ1n) is 3.00. The summed E-state index contributed by atoms with van der Waals surface area (Å²) in [6, 6.07) is 0. The van der Waals surface area contributed by atoms with Gasteiger partial charge in [-0.2, -0.15) is 0 Å². The third kappa shape index (κ3) is 4.58. The number of carbonyl (C=O) groups excluding carboxylic acids is 1. The molecule has 0 aromatic heterocycles. The molecule has 0 radical (unpaired) electrons. The smallest absolute Gasteiger partial charge is 0.313 e. The average molecular weight is 197 g/mol. The first-order chi connectivity index (χ1) is 5.04. The standard InChI is InChI=1S/C5H12NO3PS/c1-5(7)4-6-10(8,9-2)11-3/h4H2,1-3H3,(H,6,8). The molecule has 0 fully saturated rings. The lowest BCUT2D eigenvalue weighted by Crippen LogP contribution is -2.17. The van der Waals surface area contributed by atoms with Crippen LogP contribution in [0.2, 0.25) is 0 Å². The second-order valence-electron chi connectivity index (χ2n) is 1.90. The summed E-state index contributed by atoms with van der Waals surface area (Å²) in [6.07, 6.45) is 1.66. The molecule has 0 saturated heterocycles. The zero-order chi connectivity index (χ0) is 8.91. The van der Waals surface area contributed by atoms with Gasteiger partial charge in [-0.25, -0.2) is 5.09 Å². The Morgan fingerprint density at radius 1 is 1.73 bits per heavy atom. The minimum Gasteiger partial charge on any atom is -0.313 e. The summed E-state index contributed by atoms with van der Waals surface area (Å²) in [5, 5.41) is 2.54. The molecule has 1 unspecified atom stereocenters. The lowest BCUT2D eigenvalue weighted by Gasteiger charge is -2.12. The predicted octanol–water partition coefficient (Wildman–Crippen LogP) is 1.28. The maximum atomic E-state index is 11.3. The Hall–Kier alpha value is 0.170. The topological polar surface area (TPSA) is 55.4 Å². The van der Waals surface area contributed by atoms with Crippen molar-refractivity contribution in [1.82, 2.24) is 5.09 Å². The van der Waals surface area contributed by atoms with Crippen molar-refractivity contribution in [3.8, 4) is 0 Å². The zero-order valence-corrected chi connectivity index (χ0v) is 8.50. The van der Waals surface area contributed by atoms with Crippen LogP contribution in [0, 0.1) is 0 Å². The molecule has 0 bridgehead atoms. The summed E-state index contributed by atoms with van der Waals surface area (Å²) >= 11 is 1.08. The van der Waals surface area contributed by atoms with E-state index in [0.717, 1.165) is 11.4 Å². The Labute approximate surface area is 70.3 Å². The molecule has 0 aliphatic heterocycles. The highest BCUT2D eigenvalue weighted by Gasteiger charge is 2.18. The minimum absolute atomic E-state index is 0.0590. The van der Waals surface area contributed by atoms with Crippen molar-refractivity contribution >= 4 is 23.9 Å². The van der Waals surface area contributed by atoms with Crippen LogP contribution in [0.1, 0.15) is 6.92 Å². The van der Waals surface area contributed by atoms with Gasteiger partial charge in [-0.05, 0) is 13.2 Å². The van der Waals surface area contributed by atoms with Crippen molar-refractivity contribution < 1.29 is 13.9 Å². The van der Waals surface area contributed by atoms with E-state index in [-0.39, 0.29) is 12.3 Å². The van der Waals surface area contributed by atoms with Gasteiger partial charge in [0.25, 0.3) is 0 Å². The highest BCUT2D eigenvalue weighted by molar-refractivity contribution is 8.55. The largest absolute Gasteiger partial charge is 0.326 e. The van der Waals surface area contributed by atoms with Gasteiger partial charge in [0.15, 0.2) is 0 Å². The first-order valence-corrected chi connectivity index (χ1v) is 6.45. The molecule has 0 aliphatic carbocycles. The highest BCUT2D eigenvalue weighted by Crippen LogP contribution is 2.53. The highest BCUT2D eigenvalue weighted by atomic mass is 32.7. The molecule has 0 amide bonds. The normalized spacial score (nSPS) is 15.9. The van der Waals surface area contributed by atoms with E-state index in [9.17, 15) is 9.36 Å². The summed E-state index contributed by atoms with van der Waals surface area (Å²) in [7, 11) is 1.35. The molecule has 0 saturated carbocycles. The van der Waals surface area contributed by atoms with Gasteiger partial charge >= 0.3 is 6.72 Å². The van der Waals surface area contributed by atoms with Crippen LogP contribution >= 0.6 is 18.1 Å². The maximum absolute atomic E-state index is 11.3. The summed E-state index contributed by atoms with van der Waals surface area (Å²) < 4.78 is 16.0. The van der Waals surface area contributed by atoms with Gasteiger partial charge in [0, 0.05) is 7.11 Å². The Morgan fingerprint density at radius 3 is 2.55 bits per heavy atom. The molecule has 11 heavy (non-hydrogen) atoms. The van der Waals surface area contributed by atoms with Crippen LogP contribution in [0.3, 0.4) is 0 Å².